The second kappa shape index (κ2) is 18.5. The van der Waals surface area contributed by atoms with Crippen LogP contribution >= 0.6 is 0 Å². The van der Waals surface area contributed by atoms with Crippen molar-refractivity contribution in [3.63, 3.8) is 0 Å². The van der Waals surface area contributed by atoms with Crippen molar-refractivity contribution in [2.75, 3.05) is 19.8 Å². The van der Waals surface area contributed by atoms with E-state index in [0.717, 1.165) is 77.5 Å². The van der Waals surface area contributed by atoms with Gasteiger partial charge in [0.2, 0.25) is 5.91 Å². The number of nitrogens with one attached hydrogen (secondary N) is 1. The summed E-state index contributed by atoms with van der Waals surface area (Å²) in [5, 5.41) is 3.06. The molecule has 1 N–H and O–H groups in total. The zero-order valence-electron chi connectivity index (χ0n) is 18.5. The van der Waals surface area contributed by atoms with E-state index in [1.54, 1.807) is 0 Å². The number of hydrogen-bond donors (Lipinski definition) is 1. The predicted octanol–water partition coefficient (Wildman–Crippen LogP) is 5.68. The molecule has 27 heavy (non-hydrogen) atoms. The van der Waals surface area contributed by atoms with Crippen LogP contribution in [-0.2, 0) is 14.3 Å². The number of carbonyl (C=O) groups is 2. The molecule has 1 atom stereocenters. The van der Waals surface area contributed by atoms with E-state index < -0.39 is 0 Å². The fourth-order valence-corrected chi connectivity index (χ4v) is 2.96. The average molecular weight is 384 g/mol. The quantitative estimate of drug-likeness (QED) is 0.292. The molecule has 0 spiro atoms. The Morgan fingerprint density at radius 2 is 1.41 bits per heavy atom. The van der Waals surface area contributed by atoms with Crippen LogP contribution in [-0.4, -0.2) is 31.4 Å². The first-order valence-corrected chi connectivity index (χ1v) is 11.4. The van der Waals surface area contributed by atoms with E-state index in [0.29, 0.717) is 5.78 Å². The monoisotopic (exact) mass is 383 g/mol. The minimum atomic E-state index is 0.151. The Labute approximate surface area is 168 Å². The van der Waals surface area contributed by atoms with Crippen molar-refractivity contribution < 1.29 is 14.3 Å². The smallest absolute Gasteiger partial charge is 0.222 e. The van der Waals surface area contributed by atoms with Crippen LogP contribution in [0.1, 0.15) is 105 Å². The molecular weight excluding hydrogens is 338 g/mol. The molecular formula is C23H45NO3. The Bertz CT molecular complexity index is 369. The summed E-state index contributed by atoms with van der Waals surface area (Å²) in [5.74, 6) is 0.913. The molecule has 0 aliphatic rings. The van der Waals surface area contributed by atoms with E-state index in [1.165, 1.54) is 19.3 Å². The van der Waals surface area contributed by atoms with Crippen molar-refractivity contribution in [3.8, 4) is 0 Å². The molecule has 0 aliphatic carbocycles. The summed E-state index contributed by atoms with van der Waals surface area (Å²) < 4.78 is 5.66. The van der Waals surface area contributed by atoms with Gasteiger partial charge in [0.25, 0.3) is 0 Å². The Hall–Kier alpha value is -0.900. The Balaban J connectivity index is 3.25. The Morgan fingerprint density at radius 1 is 0.815 bits per heavy atom. The van der Waals surface area contributed by atoms with Gasteiger partial charge in [0.15, 0.2) is 0 Å². The summed E-state index contributed by atoms with van der Waals surface area (Å²) in [6.07, 6.45) is 12.9. The Kier molecular flexibility index (Phi) is 17.8. The second-order valence-electron chi connectivity index (χ2n) is 8.15. The number of rotatable bonds is 19. The van der Waals surface area contributed by atoms with Gasteiger partial charge in [0.05, 0.1) is 0 Å². The molecule has 0 saturated carbocycles. The molecule has 1 amide bonds. The zero-order valence-corrected chi connectivity index (χ0v) is 18.5. The number of unbranched alkanes of at least 4 members (excludes halogenated alkanes) is 7. The normalized spacial score (nSPS) is 12.3. The third-order valence-corrected chi connectivity index (χ3v) is 5.06. The van der Waals surface area contributed by atoms with Crippen molar-refractivity contribution in [2.24, 2.45) is 11.8 Å². The van der Waals surface area contributed by atoms with E-state index in [4.69, 9.17) is 4.74 Å². The zero-order chi connectivity index (χ0) is 20.3. The number of Topliss-reactive ketones (excluding diaryl/α,β-unsaturated/α-hetero) is 1. The molecule has 1 unspecified atom stereocenters. The lowest BCUT2D eigenvalue weighted by atomic mass is 10.0. The molecule has 0 saturated heterocycles. The lowest BCUT2D eigenvalue weighted by molar-refractivity contribution is -0.124. The highest BCUT2D eigenvalue weighted by atomic mass is 16.5. The molecule has 0 bridgehead atoms. The van der Waals surface area contributed by atoms with Gasteiger partial charge in [-0.05, 0) is 32.1 Å². The highest BCUT2D eigenvalue weighted by Crippen LogP contribution is 2.09. The lowest BCUT2D eigenvalue weighted by Gasteiger charge is -2.11. The van der Waals surface area contributed by atoms with Crippen LogP contribution < -0.4 is 5.32 Å². The topological polar surface area (TPSA) is 55.4 Å². The summed E-state index contributed by atoms with van der Waals surface area (Å²) in [6.45, 7) is 10.6. The summed E-state index contributed by atoms with van der Waals surface area (Å²) >= 11 is 0. The number of ether oxygens (including phenoxy) is 1. The molecule has 160 valence electrons. The first kappa shape index (κ1) is 26.1. The van der Waals surface area contributed by atoms with Crippen LogP contribution in [0.15, 0.2) is 0 Å². The van der Waals surface area contributed by atoms with Crippen molar-refractivity contribution in [1.29, 1.82) is 0 Å². The molecule has 4 nitrogen and oxygen atoms in total. The van der Waals surface area contributed by atoms with Gasteiger partial charge in [-0.25, -0.2) is 0 Å². The molecule has 0 aromatic rings. The summed E-state index contributed by atoms with van der Waals surface area (Å²) in [5.41, 5.74) is 0. The van der Waals surface area contributed by atoms with Crippen LogP contribution in [0.4, 0.5) is 0 Å². The predicted molar refractivity (Wildman–Crippen MR) is 114 cm³/mol. The highest BCUT2D eigenvalue weighted by Gasteiger charge is 2.10. The maximum absolute atomic E-state index is 11.9. The van der Waals surface area contributed by atoms with Crippen LogP contribution in [0.3, 0.4) is 0 Å². The molecule has 0 rings (SSSR count). The van der Waals surface area contributed by atoms with E-state index in [2.05, 4.69) is 12.2 Å². The summed E-state index contributed by atoms with van der Waals surface area (Å²) in [7, 11) is 0. The first-order valence-electron chi connectivity index (χ1n) is 11.4. The molecule has 0 fully saturated rings. The van der Waals surface area contributed by atoms with Gasteiger partial charge in [-0.3, -0.25) is 9.59 Å². The van der Waals surface area contributed by atoms with Crippen LogP contribution in [0.2, 0.25) is 0 Å². The molecule has 0 aromatic carbocycles. The summed E-state index contributed by atoms with van der Waals surface area (Å²) in [4.78, 5) is 23.4. The minimum absolute atomic E-state index is 0.151. The molecule has 0 aromatic heterocycles. The SMILES string of the molecule is CCCCC(C)C(=O)NCCCCCCCOCCCCCC(=O)C(C)C. The first-order chi connectivity index (χ1) is 13.0. The third kappa shape index (κ3) is 17.0. The number of hydrogen-bond acceptors (Lipinski definition) is 3. The van der Waals surface area contributed by atoms with Gasteiger partial charge >= 0.3 is 0 Å². The van der Waals surface area contributed by atoms with Gasteiger partial charge < -0.3 is 10.1 Å². The van der Waals surface area contributed by atoms with Crippen molar-refractivity contribution in [1.82, 2.24) is 5.32 Å². The number of amides is 1. The van der Waals surface area contributed by atoms with Gasteiger partial charge in [-0.2, -0.15) is 0 Å². The maximum atomic E-state index is 11.9. The third-order valence-electron chi connectivity index (χ3n) is 5.06. The largest absolute Gasteiger partial charge is 0.381 e. The van der Waals surface area contributed by atoms with Crippen molar-refractivity contribution >= 4 is 11.7 Å². The Morgan fingerprint density at radius 3 is 2.04 bits per heavy atom. The molecule has 0 heterocycles. The molecule has 0 aliphatic heterocycles. The van der Waals surface area contributed by atoms with Crippen molar-refractivity contribution in [2.45, 2.75) is 105 Å². The maximum Gasteiger partial charge on any atom is 0.222 e. The van der Waals surface area contributed by atoms with E-state index in [9.17, 15) is 9.59 Å². The van der Waals surface area contributed by atoms with Crippen LogP contribution in [0.25, 0.3) is 0 Å². The fourth-order valence-electron chi connectivity index (χ4n) is 2.96. The molecule has 4 heteroatoms. The average Bonchev–Trinajstić information content (AvgIpc) is 2.65. The summed E-state index contributed by atoms with van der Waals surface area (Å²) in [6, 6.07) is 0. The van der Waals surface area contributed by atoms with Crippen LogP contribution in [0.5, 0.6) is 0 Å². The van der Waals surface area contributed by atoms with E-state index in [1.807, 2.05) is 20.8 Å². The van der Waals surface area contributed by atoms with Gasteiger partial charge in [-0.1, -0.05) is 66.2 Å². The van der Waals surface area contributed by atoms with Gasteiger partial charge in [-0.15, -0.1) is 0 Å². The fraction of sp³-hybridized carbons (Fsp3) is 0.913. The lowest BCUT2D eigenvalue weighted by Crippen LogP contribution is -2.29. The van der Waals surface area contributed by atoms with E-state index >= 15 is 0 Å². The standard InChI is InChI=1S/C23H45NO3/c1-5-6-15-21(4)23(26)24-17-12-8-7-9-13-18-27-19-14-10-11-16-22(25)20(2)3/h20-21H,5-19H2,1-4H3,(H,24,26). The van der Waals surface area contributed by atoms with Gasteiger partial charge in [0, 0.05) is 38.0 Å². The molecule has 0 radical (unpaired) electrons. The highest BCUT2D eigenvalue weighted by molar-refractivity contribution is 5.80. The second-order valence-corrected chi connectivity index (χ2v) is 8.15. The van der Waals surface area contributed by atoms with E-state index in [-0.39, 0.29) is 17.7 Å². The van der Waals surface area contributed by atoms with Crippen molar-refractivity contribution in [3.05, 3.63) is 0 Å². The van der Waals surface area contributed by atoms with Crippen LogP contribution in [0, 0.1) is 11.8 Å². The minimum Gasteiger partial charge on any atom is -0.381 e. The number of ketones is 1. The van der Waals surface area contributed by atoms with Gasteiger partial charge in [0.1, 0.15) is 5.78 Å². The number of carbonyl (C=O) groups excluding carboxylic acids is 2.